The molecule has 0 aliphatic carbocycles. The fraction of sp³-hybridized carbons (Fsp3) is 0.444. The highest BCUT2D eigenvalue weighted by Gasteiger charge is 2.09. The lowest BCUT2D eigenvalue weighted by atomic mass is 10.1. The van der Waals surface area contributed by atoms with Crippen LogP contribution in [0.25, 0.3) is 0 Å². The molecule has 0 aliphatic heterocycles. The van der Waals surface area contributed by atoms with Gasteiger partial charge in [0.2, 0.25) is 0 Å². The van der Waals surface area contributed by atoms with Crippen LogP contribution in [0.15, 0.2) is 10.7 Å². The second-order valence-corrected chi connectivity index (χ2v) is 4.28. The van der Waals surface area contributed by atoms with Gasteiger partial charge in [0.15, 0.2) is 0 Å². The van der Waals surface area contributed by atoms with Crippen LogP contribution in [0.1, 0.15) is 18.2 Å². The number of aromatic nitrogens is 1. The molecule has 1 aromatic rings. The summed E-state index contributed by atoms with van der Waals surface area (Å²) < 4.78 is 0.895. The molecule has 0 radical (unpaired) electrons. The number of rotatable bonds is 2. The zero-order chi connectivity index (χ0) is 10.0. The number of aliphatic hydroxyl groups excluding tert-OH is 1. The van der Waals surface area contributed by atoms with Gasteiger partial charge in [-0.15, -0.1) is 0 Å². The van der Waals surface area contributed by atoms with Gasteiger partial charge in [0.1, 0.15) is 0 Å². The van der Waals surface area contributed by atoms with Gasteiger partial charge in [0.25, 0.3) is 0 Å². The largest absolute Gasteiger partial charge is 0.393 e. The minimum Gasteiger partial charge on any atom is -0.393 e. The van der Waals surface area contributed by atoms with Crippen LogP contribution in [0, 0.1) is 6.92 Å². The lowest BCUT2D eigenvalue weighted by Gasteiger charge is -2.08. The predicted molar refractivity (Wildman–Crippen MR) is 57.1 cm³/mol. The number of halogens is 2. The predicted octanol–water partition coefficient (Wildman–Crippen LogP) is 2.73. The van der Waals surface area contributed by atoms with Gasteiger partial charge in [-0.1, -0.05) is 11.6 Å². The molecule has 1 atom stereocenters. The Bertz CT molecular complexity index is 315. The highest BCUT2D eigenvalue weighted by Crippen LogP contribution is 2.26. The highest BCUT2D eigenvalue weighted by molar-refractivity contribution is 9.10. The molecule has 1 aromatic heterocycles. The van der Waals surface area contributed by atoms with Gasteiger partial charge in [-0.25, -0.2) is 0 Å². The number of aliphatic hydroxyl groups is 1. The number of hydrogen-bond donors (Lipinski definition) is 1. The van der Waals surface area contributed by atoms with Crippen molar-refractivity contribution in [2.24, 2.45) is 0 Å². The van der Waals surface area contributed by atoms with E-state index in [0.717, 1.165) is 15.7 Å². The quantitative estimate of drug-likeness (QED) is 0.891. The molecular weight excluding hydrogens is 253 g/mol. The van der Waals surface area contributed by atoms with Gasteiger partial charge in [0.05, 0.1) is 16.8 Å². The Hall–Kier alpha value is -0.120. The van der Waals surface area contributed by atoms with E-state index in [4.69, 9.17) is 11.6 Å². The van der Waals surface area contributed by atoms with E-state index in [0.29, 0.717) is 11.4 Å². The van der Waals surface area contributed by atoms with E-state index in [1.807, 2.05) is 6.92 Å². The van der Waals surface area contributed by atoms with E-state index in [1.54, 1.807) is 13.1 Å². The number of hydrogen-bond acceptors (Lipinski definition) is 2. The molecule has 2 nitrogen and oxygen atoms in total. The number of pyridine rings is 1. The van der Waals surface area contributed by atoms with Crippen LogP contribution in [0.5, 0.6) is 0 Å². The average Bonchev–Trinajstić information content (AvgIpc) is 2.06. The Morgan fingerprint density at radius 3 is 2.85 bits per heavy atom. The molecule has 1 rings (SSSR count). The molecule has 0 aliphatic rings. The summed E-state index contributed by atoms with van der Waals surface area (Å²) in [6.07, 6.45) is 1.79. The van der Waals surface area contributed by atoms with Crippen LogP contribution in [-0.2, 0) is 6.42 Å². The minimum absolute atomic E-state index is 0.412. The van der Waals surface area contributed by atoms with Gasteiger partial charge < -0.3 is 5.11 Å². The molecule has 1 unspecified atom stereocenters. The molecule has 0 saturated heterocycles. The Kier molecular flexibility index (Phi) is 3.71. The van der Waals surface area contributed by atoms with Crippen LogP contribution in [0.3, 0.4) is 0 Å². The van der Waals surface area contributed by atoms with Crippen molar-refractivity contribution in [2.45, 2.75) is 26.4 Å². The molecule has 0 bridgehead atoms. The summed E-state index contributed by atoms with van der Waals surface area (Å²) >= 11 is 9.38. The average molecular weight is 265 g/mol. The van der Waals surface area contributed by atoms with E-state index >= 15 is 0 Å². The van der Waals surface area contributed by atoms with Crippen molar-refractivity contribution < 1.29 is 5.11 Å². The molecule has 0 fully saturated rings. The van der Waals surface area contributed by atoms with Crippen molar-refractivity contribution >= 4 is 27.5 Å². The lowest BCUT2D eigenvalue weighted by Crippen LogP contribution is -2.07. The Labute approximate surface area is 91.1 Å². The summed E-state index contributed by atoms with van der Waals surface area (Å²) in [4.78, 5) is 4.14. The molecule has 0 saturated carbocycles. The fourth-order valence-corrected chi connectivity index (χ4v) is 1.67. The standard InChI is InChI=1S/C9H11BrClNO/c1-5(13)3-8-9(11)6(2)7(10)4-12-8/h4-5,13H,3H2,1-2H3. The first-order chi connectivity index (χ1) is 6.02. The molecule has 1 N–H and O–H groups in total. The van der Waals surface area contributed by atoms with E-state index in [9.17, 15) is 5.11 Å². The molecule has 1 heterocycles. The van der Waals surface area contributed by atoms with Crippen LogP contribution < -0.4 is 0 Å². The van der Waals surface area contributed by atoms with Crippen LogP contribution in [-0.4, -0.2) is 16.2 Å². The van der Waals surface area contributed by atoms with Crippen LogP contribution in [0.4, 0.5) is 0 Å². The third-order valence-corrected chi connectivity index (χ3v) is 3.06. The maximum Gasteiger partial charge on any atom is 0.0662 e. The summed E-state index contributed by atoms with van der Waals surface area (Å²) in [7, 11) is 0. The van der Waals surface area contributed by atoms with Gasteiger partial charge in [-0.2, -0.15) is 0 Å². The lowest BCUT2D eigenvalue weighted by molar-refractivity contribution is 0.194. The minimum atomic E-state index is -0.412. The molecule has 0 spiro atoms. The molecule has 4 heteroatoms. The fourth-order valence-electron chi connectivity index (χ4n) is 1.03. The molecule has 0 aromatic carbocycles. The Morgan fingerprint density at radius 1 is 1.69 bits per heavy atom. The Morgan fingerprint density at radius 2 is 2.31 bits per heavy atom. The van der Waals surface area contributed by atoms with Crippen LogP contribution in [0.2, 0.25) is 5.02 Å². The maximum atomic E-state index is 9.18. The summed E-state index contributed by atoms with van der Waals surface area (Å²) in [6.45, 7) is 3.63. The van der Waals surface area contributed by atoms with E-state index < -0.39 is 6.10 Å². The van der Waals surface area contributed by atoms with E-state index in [1.165, 1.54) is 0 Å². The first-order valence-electron chi connectivity index (χ1n) is 4.00. The molecule has 0 amide bonds. The second-order valence-electron chi connectivity index (χ2n) is 3.04. The second kappa shape index (κ2) is 4.40. The summed E-state index contributed by atoms with van der Waals surface area (Å²) in [5, 5.41) is 9.81. The third-order valence-electron chi connectivity index (χ3n) is 1.76. The van der Waals surface area contributed by atoms with Gasteiger partial charge in [-0.3, -0.25) is 4.98 Å². The topological polar surface area (TPSA) is 33.1 Å². The molecular formula is C9H11BrClNO. The normalized spacial score (nSPS) is 13.0. The summed E-state index contributed by atoms with van der Waals surface area (Å²) in [5.74, 6) is 0. The zero-order valence-electron chi connectivity index (χ0n) is 7.51. The van der Waals surface area contributed by atoms with Crippen molar-refractivity contribution in [1.29, 1.82) is 0 Å². The highest BCUT2D eigenvalue weighted by atomic mass is 79.9. The van der Waals surface area contributed by atoms with Crippen molar-refractivity contribution in [2.75, 3.05) is 0 Å². The van der Waals surface area contributed by atoms with E-state index in [-0.39, 0.29) is 0 Å². The number of nitrogens with zero attached hydrogens (tertiary/aromatic N) is 1. The SMILES string of the molecule is Cc1c(Br)cnc(CC(C)O)c1Cl. The third kappa shape index (κ3) is 2.66. The Balaban J connectivity index is 3.04. The first kappa shape index (κ1) is 11.0. The first-order valence-corrected chi connectivity index (χ1v) is 5.17. The van der Waals surface area contributed by atoms with Crippen molar-refractivity contribution in [1.82, 2.24) is 4.98 Å². The van der Waals surface area contributed by atoms with Gasteiger partial charge in [0, 0.05) is 17.1 Å². The molecule has 72 valence electrons. The van der Waals surface area contributed by atoms with Crippen molar-refractivity contribution in [3.63, 3.8) is 0 Å². The van der Waals surface area contributed by atoms with Gasteiger partial charge >= 0.3 is 0 Å². The zero-order valence-corrected chi connectivity index (χ0v) is 9.85. The summed E-state index contributed by atoms with van der Waals surface area (Å²) in [6, 6.07) is 0. The molecule has 13 heavy (non-hydrogen) atoms. The van der Waals surface area contributed by atoms with Crippen molar-refractivity contribution in [3.8, 4) is 0 Å². The monoisotopic (exact) mass is 263 g/mol. The smallest absolute Gasteiger partial charge is 0.0662 e. The summed E-state index contributed by atoms with van der Waals surface area (Å²) in [5.41, 5.74) is 1.71. The van der Waals surface area contributed by atoms with Gasteiger partial charge in [-0.05, 0) is 35.3 Å². The van der Waals surface area contributed by atoms with Crippen molar-refractivity contribution in [3.05, 3.63) is 26.9 Å². The van der Waals surface area contributed by atoms with Crippen LogP contribution >= 0.6 is 27.5 Å². The van der Waals surface area contributed by atoms with E-state index in [2.05, 4.69) is 20.9 Å². The maximum absolute atomic E-state index is 9.18.